The van der Waals surface area contributed by atoms with E-state index in [0.717, 1.165) is 5.69 Å². The van der Waals surface area contributed by atoms with Crippen molar-refractivity contribution in [2.45, 2.75) is 0 Å². The molecule has 0 aliphatic carbocycles. The number of benzene rings is 2. The molecular weight excluding hydrogens is 335 g/mol. The number of hydrazone groups is 1. The van der Waals surface area contributed by atoms with Gasteiger partial charge in [0.1, 0.15) is 0 Å². The molecule has 18 heavy (non-hydrogen) atoms. The Bertz CT molecular complexity index is 530. The average Bonchev–Trinajstić information content (AvgIpc) is 2.42. The van der Waals surface area contributed by atoms with E-state index in [-0.39, 0.29) is 0 Å². The number of hydrogen-bond donors (Lipinski definition) is 1. The molecule has 0 aromatic heterocycles. The van der Waals surface area contributed by atoms with Gasteiger partial charge in [0, 0.05) is 9.78 Å². The number of allylic oxidation sites excluding steroid dienone is 1. The van der Waals surface area contributed by atoms with Crippen LogP contribution in [0.3, 0.4) is 0 Å². The summed E-state index contributed by atoms with van der Waals surface area (Å²) in [4.78, 5) is 0. The molecule has 0 atom stereocenters. The summed E-state index contributed by atoms with van der Waals surface area (Å²) < 4.78 is 1.21. The summed E-state index contributed by atoms with van der Waals surface area (Å²) >= 11 is 2.28. The Hall–Kier alpha value is -1.62. The lowest BCUT2D eigenvalue weighted by Crippen LogP contribution is -1.87. The average molecular weight is 348 g/mol. The van der Waals surface area contributed by atoms with E-state index < -0.39 is 0 Å². The zero-order valence-corrected chi connectivity index (χ0v) is 11.9. The Labute approximate surface area is 121 Å². The molecule has 0 spiro atoms. The maximum atomic E-state index is 4.12. The number of hydrogen-bond acceptors (Lipinski definition) is 2. The molecule has 2 aromatic carbocycles. The third-order valence-corrected chi connectivity index (χ3v) is 3.01. The fraction of sp³-hybridized carbons (Fsp3) is 0. The molecule has 0 radical (unpaired) electrons. The molecule has 0 aliphatic heterocycles. The molecule has 2 rings (SSSR count). The number of anilines is 1. The standard InChI is InChI=1S/C15H13IN2/c16-14-8-10-15(11-9-14)18-17-12-4-7-13-5-2-1-3-6-13/h1-12,18H. The van der Waals surface area contributed by atoms with E-state index in [0.29, 0.717) is 0 Å². The number of rotatable bonds is 4. The summed E-state index contributed by atoms with van der Waals surface area (Å²) in [5.74, 6) is 0. The first-order valence-electron chi connectivity index (χ1n) is 5.61. The van der Waals surface area contributed by atoms with E-state index >= 15 is 0 Å². The van der Waals surface area contributed by atoms with Crippen LogP contribution in [0.25, 0.3) is 6.08 Å². The van der Waals surface area contributed by atoms with E-state index in [2.05, 4.69) is 45.3 Å². The van der Waals surface area contributed by atoms with Crippen LogP contribution in [0.15, 0.2) is 65.8 Å². The third-order valence-electron chi connectivity index (χ3n) is 2.29. The van der Waals surface area contributed by atoms with Crippen molar-refractivity contribution in [1.29, 1.82) is 0 Å². The fourth-order valence-electron chi connectivity index (χ4n) is 1.40. The minimum atomic E-state index is 0.986. The topological polar surface area (TPSA) is 24.4 Å². The van der Waals surface area contributed by atoms with Gasteiger partial charge >= 0.3 is 0 Å². The van der Waals surface area contributed by atoms with E-state index in [1.54, 1.807) is 6.21 Å². The predicted octanol–water partition coefficient (Wildman–Crippen LogP) is 4.40. The highest BCUT2D eigenvalue weighted by molar-refractivity contribution is 14.1. The van der Waals surface area contributed by atoms with E-state index in [1.807, 2.05) is 54.6 Å². The van der Waals surface area contributed by atoms with Gasteiger partial charge in [-0.3, -0.25) is 5.43 Å². The molecular formula is C15H13IN2. The van der Waals surface area contributed by atoms with Crippen LogP contribution in [0, 0.1) is 3.57 Å². The van der Waals surface area contributed by atoms with Crippen molar-refractivity contribution in [3.8, 4) is 0 Å². The summed E-state index contributed by atoms with van der Waals surface area (Å²) in [6.45, 7) is 0. The molecule has 1 N–H and O–H groups in total. The van der Waals surface area contributed by atoms with Crippen LogP contribution in [0.5, 0.6) is 0 Å². The van der Waals surface area contributed by atoms with Crippen molar-refractivity contribution in [2.24, 2.45) is 5.10 Å². The van der Waals surface area contributed by atoms with E-state index in [1.165, 1.54) is 9.13 Å². The van der Waals surface area contributed by atoms with E-state index in [9.17, 15) is 0 Å². The first kappa shape index (κ1) is 12.8. The molecule has 3 heteroatoms. The zero-order chi connectivity index (χ0) is 12.6. The minimum absolute atomic E-state index is 0.986. The quantitative estimate of drug-likeness (QED) is 0.494. The van der Waals surface area contributed by atoms with Gasteiger partial charge in [-0.1, -0.05) is 36.4 Å². The van der Waals surface area contributed by atoms with Gasteiger partial charge in [0.2, 0.25) is 0 Å². The van der Waals surface area contributed by atoms with Crippen molar-refractivity contribution >= 4 is 40.6 Å². The first-order chi connectivity index (χ1) is 8.84. The van der Waals surface area contributed by atoms with Crippen LogP contribution < -0.4 is 5.43 Å². The fourth-order valence-corrected chi connectivity index (χ4v) is 1.76. The Morgan fingerprint density at radius 2 is 1.67 bits per heavy atom. The van der Waals surface area contributed by atoms with Gasteiger partial charge in [-0.25, -0.2) is 0 Å². The first-order valence-corrected chi connectivity index (χ1v) is 6.69. The maximum Gasteiger partial charge on any atom is 0.0562 e. The van der Waals surface area contributed by atoms with Gasteiger partial charge in [-0.2, -0.15) is 5.10 Å². The molecule has 2 aromatic rings. The maximum absolute atomic E-state index is 4.12. The van der Waals surface area contributed by atoms with Gasteiger partial charge in [-0.05, 0) is 58.5 Å². The molecule has 0 fully saturated rings. The third kappa shape index (κ3) is 4.33. The zero-order valence-electron chi connectivity index (χ0n) is 9.75. The lowest BCUT2D eigenvalue weighted by molar-refractivity contribution is 1.35. The summed E-state index contributed by atoms with van der Waals surface area (Å²) in [6, 6.07) is 18.2. The SMILES string of the molecule is Ic1ccc(NN=CC=Cc2ccccc2)cc1. The molecule has 2 nitrogen and oxygen atoms in total. The van der Waals surface area contributed by atoms with Crippen molar-refractivity contribution in [1.82, 2.24) is 0 Å². The Kier molecular flexibility index (Phi) is 4.96. The summed E-state index contributed by atoms with van der Waals surface area (Å²) in [5, 5.41) is 4.12. The Morgan fingerprint density at radius 3 is 2.39 bits per heavy atom. The molecule has 0 unspecified atom stereocenters. The van der Waals surface area contributed by atoms with Gasteiger partial charge in [0.05, 0.1) is 5.69 Å². The van der Waals surface area contributed by atoms with Gasteiger partial charge < -0.3 is 0 Å². The van der Waals surface area contributed by atoms with Crippen molar-refractivity contribution in [3.63, 3.8) is 0 Å². The van der Waals surface area contributed by atoms with Gasteiger partial charge in [0.15, 0.2) is 0 Å². The Balaban J connectivity index is 1.85. The second kappa shape index (κ2) is 6.96. The van der Waals surface area contributed by atoms with Crippen LogP contribution in [0.2, 0.25) is 0 Å². The smallest absolute Gasteiger partial charge is 0.0562 e. The summed E-state index contributed by atoms with van der Waals surface area (Å²) in [7, 11) is 0. The molecule has 0 saturated carbocycles. The van der Waals surface area contributed by atoms with Crippen LogP contribution in [0.1, 0.15) is 5.56 Å². The second-order valence-corrected chi connectivity index (χ2v) is 4.91. The van der Waals surface area contributed by atoms with Crippen LogP contribution >= 0.6 is 22.6 Å². The molecule has 90 valence electrons. The molecule has 0 amide bonds. The van der Waals surface area contributed by atoms with Gasteiger partial charge in [-0.15, -0.1) is 0 Å². The summed E-state index contributed by atoms with van der Waals surface area (Å²) in [5.41, 5.74) is 5.12. The number of halogens is 1. The highest BCUT2D eigenvalue weighted by atomic mass is 127. The highest BCUT2D eigenvalue weighted by Gasteiger charge is 1.87. The molecule has 0 saturated heterocycles. The Morgan fingerprint density at radius 1 is 0.944 bits per heavy atom. The predicted molar refractivity (Wildman–Crippen MR) is 86.7 cm³/mol. The lowest BCUT2D eigenvalue weighted by Gasteiger charge is -1.98. The van der Waals surface area contributed by atoms with Crippen LogP contribution in [-0.4, -0.2) is 6.21 Å². The van der Waals surface area contributed by atoms with Crippen molar-refractivity contribution < 1.29 is 0 Å². The largest absolute Gasteiger partial charge is 0.279 e. The second-order valence-electron chi connectivity index (χ2n) is 3.67. The molecule has 0 heterocycles. The van der Waals surface area contributed by atoms with Crippen molar-refractivity contribution in [3.05, 3.63) is 69.8 Å². The normalized spacial score (nSPS) is 11.2. The lowest BCUT2D eigenvalue weighted by atomic mass is 10.2. The monoisotopic (exact) mass is 348 g/mol. The molecule has 0 bridgehead atoms. The minimum Gasteiger partial charge on any atom is -0.279 e. The van der Waals surface area contributed by atoms with Crippen molar-refractivity contribution in [2.75, 3.05) is 5.43 Å². The van der Waals surface area contributed by atoms with Crippen LogP contribution in [0.4, 0.5) is 5.69 Å². The van der Waals surface area contributed by atoms with Gasteiger partial charge in [0.25, 0.3) is 0 Å². The van der Waals surface area contributed by atoms with Crippen LogP contribution in [-0.2, 0) is 0 Å². The number of nitrogens with one attached hydrogen (secondary N) is 1. The molecule has 0 aliphatic rings. The van der Waals surface area contributed by atoms with E-state index in [4.69, 9.17) is 0 Å². The number of nitrogens with zero attached hydrogens (tertiary/aromatic N) is 1. The highest BCUT2D eigenvalue weighted by Crippen LogP contribution is 2.10. The summed E-state index contributed by atoms with van der Waals surface area (Å²) in [6.07, 6.45) is 5.67.